The summed E-state index contributed by atoms with van der Waals surface area (Å²) in [6.45, 7) is 2.15. The van der Waals surface area contributed by atoms with Crippen molar-refractivity contribution in [3.63, 3.8) is 0 Å². The van der Waals surface area contributed by atoms with Gasteiger partial charge in [0.2, 0.25) is 15.0 Å². The van der Waals surface area contributed by atoms with Crippen LogP contribution >= 0.6 is 0 Å². The molecule has 8 heteroatoms. The lowest BCUT2D eigenvalue weighted by atomic mass is 10.1. The maximum absolute atomic E-state index is 11.6. The molecule has 0 N–H and O–H groups in total. The molecule has 1 aromatic carbocycles. The molecule has 2 heterocycles. The van der Waals surface area contributed by atoms with Gasteiger partial charge < -0.3 is 9.47 Å². The zero-order chi connectivity index (χ0) is 18.0. The number of sulfone groups is 1. The molecule has 0 saturated carbocycles. The summed E-state index contributed by atoms with van der Waals surface area (Å²) in [5, 5.41) is -0.103. The number of hydrogen-bond donors (Lipinski definition) is 0. The highest BCUT2D eigenvalue weighted by atomic mass is 32.2. The largest absolute Gasteiger partial charge is 0.493 e. The summed E-state index contributed by atoms with van der Waals surface area (Å²) in [5.74, 6) is 1.44. The Labute approximate surface area is 147 Å². The van der Waals surface area contributed by atoms with Crippen molar-refractivity contribution in [3.8, 4) is 11.5 Å². The molecule has 0 saturated heterocycles. The van der Waals surface area contributed by atoms with Crippen LogP contribution in [0.15, 0.2) is 29.6 Å². The highest BCUT2D eigenvalue weighted by Gasteiger charge is 2.22. The van der Waals surface area contributed by atoms with E-state index in [0.29, 0.717) is 25.3 Å². The van der Waals surface area contributed by atoms with Crippen molar-refractivity contribution in [1.29, 1.82) is 0 Å². The molecular weight excluding hydrogens is 342 g/mol. The molecule has 1 aromatic heterocycles. The van der Waals surface area contributed by atoms with Gasteiger partial charge in [-0.2, -0.15) is 0 Å². The summed E-state index contributed by atoms with van der Waals surface area (Å²) < 4.78 is 34.0. The Morgan fingerprint density at radius 1 is 1.24 bits per heavy atom. The topological polar surface area (TPSA) is 81.6 Å². The van der Waals surface area contributed by atoms with Gasteiger partial charge in [-0.15, -0.1) is 0 Å². The average molecular weight is 363 g/mol. The van der Waals surface area contributed by atoms with Crippen LogP contribution in [0.1, 0.15) is 16.8 Å². The van der Waals surface area contributed by atoms with Crippen LogP contribution in [0.25, 0.3) is 0 Å². The van der Waals surface area contributed by atoms with Gasteiger partial charge in [0.1, 0.15) is 0 Å². The number of rotatable bonds is 5. The van der Waals surface area contributed by atoms with E-state index in [0.717, 1.165) is 35.4 Å². The second-order valence-corrected chi connectivity index (χ2v) is 7.92. The van der Waals surface area contributed by atoms with Crippen molar-refractivity contribution in [1.82, 2.24) is 14.9 Å². The fourth-order valence-electron chi connectivity index (χ4n) is 2.99. The smallest absolute Gasteiger partial charge is 0.246 e. The van der Waals surface area contributed by atoms with Crippen molar-refractivity contribution in [3.05, 3.63) is 41.2 Å². The quantitative estimate of drug-likeness (QED) is 0.744. The molecule has 1 aliphatic rings. The van der Waals surface area contributed by atoms with E-state index in [4.69, 9.17) is 9.47 Å². The Balaban J connectivity index is 1.80. The van der Waals surface area contributed by atoms with Crippen LogP contribution < -0.4 is 9.47 Å². The molecule has 0 amide bonds. The summed E-state index contributed by atoms with van der Waals surface area (Å²) in [6, 6.07) is 5.82. The maximum atomic E-state index is 11.6. The normalized spacial score (nSPS) is 14.8. The van der Waals surface area contributed by atoms with Gasteiger partial charge in [-0.1, -0.05) is 12.1 Å². The highest BCUT2D eigenvalue weighted by Crippen LogP contribution is 2.32. The molecule has 1 aliphatic heterocycles. The summed E-state index contributed by atoms with van der Waals surface area (Å²) >= 11 is 0. The first-order chi connectivity index (χ1) is 11.9. The number of hydrogen-bond acceptors (Lipinski definition) is 7. The first kappa shape index (κ1) is 17.6. The van der Waals surface area contributed by atoms with Gasteiger partial charge >= 0.3 is 0 Å². The molecule has 0 atom stereocenters. The zero-order valence-electron chi connectivity index (χ0n) is 14.5. The first-order valence-corrected chi connectivity index (χ1v) is 9.78. The second kappa shape index (κ2) is 6.97. The number of benzene rings is 1. The Bertz CT molecular complexity index is 883. The fraction of sp³-hybridized carbons (Fsp3) is 0.412. The van der Waals surface area contributed by atoms with Crippen molar-refractivity contribution < 1.29 is 17.9 Å². The summed E-state index contributed by atoms with van der Waals surface area (Å²) in [4.78, 5) is 10.5. The van der Waals surface area contributed by atoms with Crippen molar-refractivity contribution >= 4 is 9.84 Å². The maximum Gasteiger partial charge on any atom is 0.246 e. The molecule has 2 aromatic rings. The minimum Gasteiger partial charge on any atom is -0.493 e. The Hall–Kier alpha value is -2.19. The molecule has 0 unspecified atom stereocenters. The summed E-state index contributed by atoms with van der Waals surface area (Å²) in [6.07, 6.45) is 3.43. The molecule has 7 nitrogen and oxygen atoms in total. The van der Waals surface area contributed by atoms with Gasteiger partial charge in [0.05, 0.1) is 19.9 Å². The Morgan fingerprint density at radius 3 is 2.72 bits per heavy atom. The van der Waals surface area contributed by atoms with Gasteiger partial charge in [-0.25, -0.2) is 18.4 Å². The second-order valence-electron chi connectivity index (χ2n) is 6.01. The van der Waals surface area contributed by atoms with Crippen LogP contribution in [0.5, 0.6) is 11.5 Å². The molecule has 134 valence electrons. The third-order valence-corrected chi connectivity index (χ3v) is 5.06. The molecule has 0 bridgehead atoms. The molecular formula is C17H21N3O4S. The van der Waals surface area contributed by atoms with E-state index >= 15 is 0 Å². The van der Waals surface area contributed by atoms with Gasteiger partial charge in [-0.3, -0.25) is 4.90 Å². The lowest BCUT2D eigenvalue weighted by Crippen LogP contribution is -2.31. The summed E-state index contributed by atoms with van der Waals surface area (Å²) in [7, 11) is -0.128. The number of ether oxygens (including phenoxy) is 2. The molecule has 3 rings (SSSR count). The van der Waals surface area contributed by atoms with E-state index in [9.17, 15) is 8.42 Å². The Kier molecular flexibility index (Phi) is 4.91. The third-order valence-electron chi connectivity index (χ3n) is 4.20. The molecule has 25 heavy (non-hydrogen) atoms. The first-order valence-electron chi connectivity index (χ1n) is 7.89. The number of para-hydroxylation sites is 1. The van der Waals surface area contributed by atoms with Crippen molar-refractivity contribution in [2.75, 3.05) is 27.0 Å². The predicted octanol–water partition coefficient (Wildman–Crippen LogP) is 1.46. The lowest BCUT2D eigenvalue weighted by Gasteiger charge is -2.28. The van der Waals surface area contributed by atoms with Crippen LogP contribution in [0, 0.1) is 0 Å². The van der Waals surface area contributed by atoms with E-state index < -0.39 is 9.84 Å². The summed E-state index contributed by atoms with van der Waals surface area (Å²) in [5.41, 5.74) is 2.81. The minimum absolute atomic E-state index is 0.103. The fourth-order valence-corrected chi connectivity index (χ4v) is 3.51. The molecule has 0 aliphatic carbocycles. The number of nitrogens with zero attached hydrogens (tertiary/aromatic N) is 3. The van der Waals surface area contributed by atoms with E-state index in [1.54, 1.807) is 20.4 Å². The van der Waals surface area contributed by atoms with Crippen LogP contribution in [0.4, 0.5) is 0 Å². The van der Waals surface area contributed by atoms with Crippen LogP contribution in [-0.4, -0.2) is 50.3 Å². The predicted molar refractivity (Wildman–Crippen MR) is 92.5 cm³/mol. The number of aromatic nitrogens is 2. The van der Waals surface area contributed by atoms with Crippen LogP contribution in [0.3, 0.4) is 0 Å². The molecule has 0 fully saturated rings. The standard InChI is InChI=1S/C17H21N3O4S/c1-23-15-6-4-5-12(16(15)24-2)10-20-8-7-14-13(11-20)9-18-17(19-14)25(3,21)22/h4-6,9H,7-8,10-11H2,1-3H3. The highest BCUT2D eigenvalue weighted by molar-refractivity contribution is 7.90. The van der Waals surface area contributed by atoms with Crippen molar-refractivity contribution in [2.24, 2.45) is 0 Å². The SMILES string of the molecule is COc1cccc(CN2CCc3nc(S(C)(=O)=O)ncc3C2)c1OC. The average Bonchev–Trinajstić information content (AvgIpc) is 2.60. The Morgan fingerprint density at radius 2 is 2.04 bits per heavy atom. The lowest BCUT2D eigenvalue weighted by molar-refractivity contribution is 0.237. The van der Waals surface area contributed by atoms with Gasteiger partial charge in [-0.05, 0) is 6.07 Å². The van der Waals surface area contributed by atoms with E-state index in [2.05, 4.69) is 14.9 Å². The van der Waals surface area contributed by atoms with Crippen LogP contribution in [0.2, 0.25) is 0 Å². The zero-order valence-corrected chi connectivity index (χ0v) is 15.3. The van der Waals surface area contributed by atoms with Gasteiger partial charge in [0.25, 0.3) is 0 Å². The van der Waals surface area contributed by atoms with Crippen molar-refractivity contribution in [2.45, 2.75) is 24.7 Å². The van der Waals surface area contributed by atoms with E-state index in [-0.39, 0.29) is 5.16 Å². The molecule has 0 radical (unpaired) electrons. The van der Waals surface area contributed by atoms with Crippen LogP contribution in [-0.2, 0) is 29.3 Å². The minimum atomic E-state index is -3.38. The van der Waals surface area contributed by atoms with E-state index in [1.807, 2.05) is 18.2 Å². The molecule has 0 spiro atoms. The van der Waals surface area contributed by atoms with Gasteiger partial charge in [0, 0.05) is 49.6 Å². The van der Waals surface area contributed by atoms with E-state index in [1.165, 1.54) is 0 Å². The number of fused-ring (bicyclic) bond motifs is 1. The van der Waals surface area contributed by atoms with Gasteiger partial charge in [0.15, 0.2) is 11.5 Å². The third kappa shape index (κ3) is 3.74. The number of methoxy groups -OCH3 is 2. The monoisotopic (exact) mass is 363 g/mol.